The first-order valence-corrected chi connectivity index (χ1v) is 9.08. The van der Waals surface area contributed by atoms with Gasteiger partial charge in [-0.25, -0.2) is 4.79 Å². The largest absolute Gasteiger partial charge is 0.444 e. The van der Waals surface area contributed by atoms with Crippen molar-refractivity contribution < 1.29 is 9.53 Å². The molecule has 1 aliphatic carbocycles. The fraction of sp³-hybridized carbons (Fsp3) is 0.650. The molecule has 0 radical (unpaired) electrons. The van der Waals surface area contributed by atoms with Crippen molar-refractivity contribution >= 4 is 11.8 Å². The van der Waals surface area contributed by atoms with Gasteiger partial charge in [-0.15, -0.1) is 0 Å². The highest BCUT2D eigenvalue weighted by atomic mass is 16.6. The number of hydrogen-bond donors (Lipinski definition) is 1. The molecule has 2 bridgehead atoms. The Morgan fingerprint density at radius 2 is 1.83 bits per heavy atom. The Morgan fingerprint density at radius 1 is 1.21 bits per heavy atom. The molecule has 4 heteroatoms. The highest BCUT2D eigenvalue weighted by Crippen LogP contribution is 2.43. The Balaban J connectivity index is 1.62. The number of nitrogens with one attached hydrogen (secondary N) is 1. The molecular formula is C20H30N2O2. The Kier molecular flexibility index (Phi) is 4.50. The minimum atomic E-state index is -0.424. The van der Waals surface area contributed by atoms with Crippen LogP contribution in [0.1, 0.15) is 52.5 Å². The number of amides is 1. The van der Waals surface area contributed by atoms with Crippen LogP contribution in [0, 0.1) is 11.8 Å². The number of hydrogen-bond acceptors (Lipinski definition) is 3. The summed E-state index contributed by atoms with van der Waals surface area (Å²) in [6.45, 7) is 11.8. The summed E-state index contributed by atoms with van der Waals surface area (Å²) in [6.07, 6.45) is 1.04. The van der Waals surface area contributed by atoms with E-state index < -0.39 is 5.60 Å². The molecule has 2 unspecified atom stereocenters. The van der Waals surface area contributed by atoms with E-state index in [9.17, 15) is 4.79 Å². The Hall–Kier alpha value is -1.71. The number of piperidine rings is 2. The third-order valence-corrected chi connectivity index (χ3v) is 5.09. The van der Waals surface area contributed by atoms with Crippen LogP contribution in [0.2, 0.25) is 0 Å². The fourth-order valence-electron chi connectivity index (χ4n) is 3.91. The topological polar surface area (TPSA) is 41.6 Å². The third kappa shape index (κ3) is 3.52. The summed E-state index contributed by atoms with van der Waals surface area (Å²) in [6, 6.07) is 9.05. The summed E-state index contributed by atoms with van der Waals surface area (Å²) < 4.78 is 5.52. The molecule has 2 aliphatic rings. The van der Waals surface area contributed by atoms with E-state index in [2.05, 4.69) is 43.4 Å². The molecule has 1 aliphatic heterocycles. The Morgan fingerprint density at radius 3 is 2.42 bits per heavy atom. The van der Waals surface area contributed by atoms with Gasteiger partial charge in [-0.3, -0.25) is 0 Å². The average molecular weight is 330 g/mol. The number of likely N-dealkylation sites (tertiary alicyclic amines) is 1. The summed E-state index contributed by atoms with van der Waals surface area (Å²) in [5.74, 6) is 1.56. The van der Waals surface area contributed by atoms with Crippen LogP contribution in [0.25, 0.3) is 0 Å². The molecule has 4 nitrogen and oxygen atoms in total. The monoisotopic (exact) mass is 330 g/mol. The van der Waals surface area contributed by atoms with Crippen molar-refractivity contribution in [2.24, 2.45) is 11.8 Å². The number of nitrogens with zero attached hydrogens (tertiary/aromatic N) is 1. The molecule has 1 saturated heterocycles. The first kappa shape index (κ1) is 17.1. The zero-order chi connectivity index (χ0) is 17.5. The summed E-state index contributed by atoms with van der Waals surface area (Å²) in [5, 5.41) is 3.76. The Bertz CT molecular complexity index is 594. The molecule has 3 rings (SSSR count). The van der Waals surface area contributed by atoms with Gasteiger partial charge in [-0.05, 0) is 56.6 Å². The molecule has 132 valence electrons. The minimum Gasteiger partial charge on any atom is -0.444 e. The third-order valence-electron chi connectivity index (χ3n) is 5.09. The van der Waals surface area contributed by atoms with Crippen molar-refractivity contribution in [2.75, 3.05) is 18.4 Å². The number of para-hydroxylation sites is 1. The maximum atomic E-state index is 12.3. The van der Waals surface area contributed by atoms with Gasteiger partial charge in [0, 0.05) is 24.8 Å². The van der Waals surface area contributed by atoms with Crippen molar-refractivity contribution in [3.05, 3.63) is 29.8 Å². The quantitative estimate of drug-likeness (QED) is 0.888. The standard InChI is InChI=1S/C20H30N2O2/c1-13(2)16-8-6-7-9-17(16)21-18-14-10-15(18)12-22(11-14)19(23)24-20(3,4)5/h6-9,13-15,18,21H,10-12H2,1-5H3. The maximum Gasteiger partial charge on any atom is 0.410 e. The van der Waals surface area contributed by atoms with Gasteiger partial charge in [0.25, 0.3) is 0 Å². The Labute approximate surface area is 145 Å². The van der Waals surface area contributed by atoms with Crippen LogP contribution in [0.5, 0.6) is 0 Å². The molecule has 2 fully saturated rings. The highest BCUT2D eigenvalue weighted by Gasteiger charge is 2.48. The molecule has 1 saturated carbocycles. The second-order valence-electron chi connectivity index (χ2n) is 8.55. The molecule has 0 spiro atoms. The molecule has 1 aromatic rings. The van der Waals surface area contributed by atoms with Crippen LogP contribution >= 0.6 is 0 Å². The number of carbonyl (C=O) groups is 1. The SMILES string of the molecule is CC(C)c1ccccc1NC1C2CC1CN(C(=O)OC(C)(C)C)C2. The number of rotatable bonds is 3. The number of ether oxygens (including phenoxy) is 1. The first-order chi connectivity index (χ1) is 11.2. The number of benzene rings is 1. The van der Waals surface area contributed by atoms with E-state index in [4.69, 9.17) is 4.74 Å². The van der Waals surface area contributed by atoms with Crippen molar-refractivity contribution in [1.29, 1.82) is 0 Å². The van der Waals surface area contributed by atoms with Gasteiger partial charge < -0.3 is 15.0 Å². The lowest BCUT2D eigenvalue weighted by Crippen LogP contribution is -2.62. The molecule has 24 heavy (non-hydrogen) atoms. The van der Waals surface area contributed by atoms with E-state index in [0.29, 0.717) is 23.8 Å². The molecule has 0 aromatic heterocycles. The van der Waals surface area contributed by atoms with E-state index in [0.717, 1.165) is 13.1 Å². The zero-order valence-corrected chi connectivity index (χ0v) is 15.5. The normalized spacial score (nSPS) is 26.1. The summed E-state index contributed by atoms with van der Waals surface area (Å²) >= 11 is 0. The van der Waals surface area contributed by atoms with Crippen molar-refractivity contribution in [2.45, 2.75) is 58.6 Å². The highest BCUT2D eigenvalue weighted by molar-refractivity contribution is 5.68. The van der Waals surface area contributed by atoms with Gasteiger partial charge in [0.1, 0.15) is 5.60 Å². The average Bonchev–Trinajstić information content (AvgIpc) is 2.51. The van der Waals surface area contributed by atoms with Crippen LogP contribution in [0.3, 0.4) is 0 Å². The summed E-state index contributed by atoms with van der Waals surface area (Å²) in [4.78, 5) is 14.2. The van der Waals surface area contributed by atoms with Crippen molar-refractivity contribution in [1.82, 2.24) is 4.90 Å². The van der Waals surface area contributed by atoms with Crippen LogP contribution in [0.4, 0.5) is 10.5 Å². The number of anilines is 1. The van der Waals surface area contributed by atoms with Crippen LogP contribution in [-0.4, -0.2) is 35.7 Å². The molecule has 2 atom stereocenters. The lowest BCUT2D eigenvalue weighted by atomic mass is 9.66. The summed E-state index contributed by atoms with van der Waals surface area (Å²) in [7, 11) is 0. The zero-order valence-electron chi connectivity index (χ0n) is 15.5. The molecule has 1 N–H and O–H groups in total. The van der Waals surface area contributed by atoms with Gasteiger partial charge in [-0.2, -0.15) is 0 Å². The molecular weight excluding hydrogens is 300 g/mol. The smallest absolute Gasteiger partial charge is 0.410 e. The van der Waals surface area contributed by atoms with Gasteiger partial charge in [0.05, 0.1) is 0 Å². The lowest BCUT2D eigenvalue weighted by molar-refractivity contribution is -0.0223. The predicted molar refractivity (Wildman–Crippen MR) is 97.3 cm³/mol. The fourth-order valence-corrected chi connectivity index (χ4v) is 3.91. The van der Waals surface area contributed by atoms with Gasteiger partial charge in [-0.1, -0.05) is 32.0 Å². The van der Waals surface area contributed by atoms with Crippen LogP contribution < -0.4 is 5.32 Å². The van der Waals surface area contributed by atoms with E-state index in [1.54, 1.807) is 0 Å². The van der Waals surface area contributed by atoms with E-state index in [-0.39, 0.29) is 6.09 Å². The molecule has 1 amide bonds. The number of carbonyl (C=O) groups excluding carboxylic acids is 1. The van der Waals surface area contributed by atoms with Gasteiger partial charge >= 0.3 is 6.09 Å². The minimum absolute atomic E-state index is 0.168. The van der Waals surface area contributed by atoms with E-state index in [1.165, 1.54) is 17.7 Å². The lowest BCUT2D eigenvalue weighted by Gasteiger charge is -2.54. The molecule has 1 heterocycles. The van der Waals surface area contributed by atoms with Crippen molar-refractivity contribution in [3.8, 4) is 0 Å². The van der Waals surface area contributed by atoms with Crippen molar-refractivity contribution in [3.63, 3.8) is 0 Å². The van der Waals surface area contributed by atoms with E-state index in [1.807, 2.05) is 25.7 Å². The maximum absolute atomic E-state index is 12.3. The van der Waals surface area contributed by atoms with Gasteiger partial charge in [0.2, 0.25) is 0 Å². The van der Waals surface area contributed by atoms with Crippen LogP contribution in [-0.2, 0) is 4.74 Å². The summed E-state index contributed by atoms with van der Waals surface area (Å²) in [5.41, 5.74) is 2.19. The first-order valence-electron chi connectivity index (χ1n) is 9.08. The molecule has 1 aromatic carbocycles. The second kappa shape index (κ2) is 6.30. The second-order valence-corrected chi connectivity index (χ2v) is 8.55. The predicted octanol–water partition coefficient (Wildman–Crippen LogP) is 4.48. The number of fused-ring (bicyclic) bond motifs is 2. The van der Waals surface area contributed by atoms with Crippen LogP contribution in [0.15, 0.2) is 24.3 Å². The van der Waals surface area contributed by atoms with E-state index >= 15 is 0 Å². The van der Waals surface area contributed by atoms with Gasteiger partial charge in [0.15, 0.2) is 0 Å².